The molecule has 2 aromatic carbocycles. The van der Waals surface area contributed by atoms with Gasteiger partial charge in [-0.25, -0.2) is 9.96 Å². The van der Waals surface area contributed by atoms with Gasteiger partial charge in [-0.3, -0.25) is 14.4 Å². The van der Waals surface area contributed by atoms with E-state index in [0.717, 1.165) is 16.1 Å². The Balaban J connectivity index is 1.56. The van der Waals surface area contributed by atoms with Crippen molar-refractivity contribution in [3.63, 3.8) is 0 Å². The van der Waals surface area contributed by atoms with E-state index in [-0.39, 0.29) is 17.9 Å². The Morgan fingerprint density at radius 2 is 1.61 bits per heavy atom. The number of hydrogen-bond donors (Lipinski definition) is 0. The average Bonchev–Trinajstić information content (AvgIpc) is 3.42. The second-order valence-electron chi connectivity index (χ2n) is 7.02. The van der Waals surface area contributed by atoms with Gasteiger partial charge < -0.3 is 0 Å². The zero-order valence-electron chi connectivity index (χ0n) is 15.2. The predicted octanol–water partition coefficient (Wildman–Crippen LogP) is 4.11. The molecule has 0 bridgehead atoms. The van der Waals surface area contributed by atoms with Crippen LogP contribution in [-0.4, -0.2) is 17.9 Å². The molecule has 3 heterocycles. The lowest BCUT2D eigenvalue weighted by atomic mass is 9.95. The molecule has 0 radical (unpaired) electrons. The number of nitrogens with zero attached hydrogens (tertiary/aromatic N) is 2. The van der Waals surface area contributed by atoms with Crippen LogP contribution in [0.1, 0.15) is 16.5 Å². The number of rotatable bonds is 3. The molecule has 5 rings (SSSR count). The van der Waals surface area contributed by atoms with E-state index in [1.807, 2.05) is 66.9 Å². The molecule has 1 aromatic heterocycles. The number of hydrogen-bond acceptors (Lipinski definition) is 5. The number of benzene rings is 2. The molecule has 2 aliphatic rings. The monoisotopic (exact) mass is 390 g/mol. The zero-order chi connectivity index (χ0) is 19.3. The zero-order valence-corrected chi connectivity index (χ0v) is 16.0. The van der Waals surface area contributed by atoms with Crippen molar-refractivity contribution >= 4 is 34.5 Å². The molecule has 3 atom stereocenters. The lowest BCUT2D eigenvalue weighted by Gasteiger charge is -2.27. The maximum atomic E-state index is 13.4. The van der Waals surface area contributed by atoms with Crippen molar-refractivity contribution in [2.75, 3.05) is 9.96 Å². The molecule has 0 N–H and O–H groups in total. The highest BCUT2D eigenvalue weighted by Gasteiger charge is 2.60. The summed E-state index contributed by atoms with van der Waals surface area (Å²) in [6.07, 6.45) is -0.818. The van der Waals surface area contributed by atoms with Gasteiger partial charge >= 0.3 is 0 Å². The van der Waals surface area contributed by atoms with Crippen molar-refractivity contribution in [2.24, 2.45) is 5.92 Å². The summed E-state index contributed by atoms with van der Waals surface area (Å²) >= 11 is 1.57. The van der Waals surface area contributed by atoms with E-state index in [2.05, 4.69) is 0 Å². The number of para-hydroxylation sites is 1. The second-order valence-corrected chi connectivity index (χ2v) is 8.00. The molecule has 0 spiro atoms. The summed E-state index contributed by atoms with van der Waals surface area (Å²) in [5.41, 5.74) is 2.50. The molecule has 5 nitrogen and oxygen atoms in total. The Morgan fingerprint density at radius 3 is 2.29 bits per heavy atom. The van der Waals surface area contributed by atoms with Crippen LogP contribution in [0.4, 0.5) is 11.4 Å². The third-order valence-electron chi connectivity index (χ3n) is 5.25. The Bertz CT molecular complexity index is 1020. The molecule has 6 heteroatoms. The third-order valence-corrected chi connectivity index (χ3v) is 6.20. The molecule has 0 unspecified atom stereocenters. The highest BCUT2D eigenvalue weighted by molar-refractivity contribution is 7.10. The van der Waals surface area contributed by atoms with Crippen LogP contribution in [0.3, 0.4) is 0 Å². The number of amides is 2. The number of carbonyl (C=O) groups excluding carboxylic acids is 2. The molecule has 28 heavy (non-hydrogen) atoms. The van der Waals surface area contributed by atoms with Crippen LogP contribution in [-0.2, 0) is 14.4 Å². The highest BCUT2D eigenvalue weighted by Crippen LogP contribution is 2.48. The van der Waals surface area contributed by atoms with Crippen LogP contribution in [0.2, 0.25) is 0 Å². The highest BCUT2D eigenvalue weighted by atomic mass is 32.1. The number of imide groups is 1. The second kappa shape index (κ2) is 6.58. The lowest BCUT2D eigenvalue weighted by molar-refractivity contribution is -0.126. The molecule has 2 amide bonds. The SMILES string of the molecule is Cc1ccc(N2C(=O)[C@H]3[C@@H](ON(c4ccccc4)[C@H]3c3cccs3)C2=O)cc1. The number of carbonyl (C=O) groups is 2. The maximum absolute atomic E-state index is 13.4. The van der Waals surface area contributed by atoms with Crippen LogP contribution in [0, 0.1) is 12.8 Å². The molecule has 140 valence electrons. The first-order chi connectivity index (χ1) is 13.6. The van der Waals surface area contributed by atoms with Crippen LogP contribution in [0.15, 0.2) is 72.1 Å². The summed E-state index contributed by atoms with van der Waals surface area (Å²) in [7, 11) is 0. The van der Waals surface area contributed by atoms with Gasteiger partial charge in [-0.2, -0.15) is 0 Å². The summed E-state index contributed by atoms with van der Waals surface area (Å²) in [6, 6.07) is 20.6. The minimum atomic E-state index is -0.818. The van der Waals surface area contributed by atoms with Crippen molar-refractivity contribution in [1.29, 1.82) is 0 Å². The van der Waals surface area contributed by atoms with Gasteiger partial charge in [0.2, 0.25) is 5.91 Å². The molecule has 3 aromatic rings. The minimum Gasteiger partial charge on any atom is -0.273 e. The number of hydroxylamine groups is 1. The maximum Gasteiger partial charge on any atom is 0.266 e. The Kier molecular flexibility index (Phi) is 4.03. The predicted molar refractivity (Wildman–Crippen MR) is 108 cm³/mol. The Morgan fingerprint density at radius 1 is 0.857 bits per heavy atom. The molecule has 0 saturated carbocycles. The summed E-state index contributed by atoms with van der Waals surface area (Å²) in [6.45, 7) is 1.97. The Hall–Kier alpha value is -2.96. The van der Waals surface area contributed by atoms with Crippen molar-refractivity contribution in [3.05, 3.63) is 82.6 Å². The minimum absolute atomic E-state index is 0.212. The Labute approximate surface area is 166 Å². The quantitative estimate of drug-likeness (QED) is 0.632. The number of anilines is 2. The normalized spacial score (nSPS) is 24.1. The first-order valence-electron chi connectivity index (χ1n) is 9.14. The van der Waals surface area contributed by atoms with E-state index in [0.29, 0.717) is 5.69 Å². The average molecular weight is 390 g/mol. The molecule has 0 aliphatic carbocycles. The van der Waals surface area contributed by atoms with Crippen LogP contribution in [0.5, 0.6) is 0 Å². The largest absolute Gasteiger partial charge is 0.273 e. The van der Waals surface area contributed by atoms with Gasteiger partial charge in [0, 0.05) is 4.88 Å². The van der Waals surface area contributed by atoms with E-state index < -0.39 is 12.0 Å². The number of aryl methyl sites for hydroxylation is 1. The lowest BCUT2D eigenvalue weighted by Crippen LogP contribution is -2.37. The summed E-state index contributed by atoms with van der Waals surface area (Å²) in [5.74, 6) is -1.10. The number of fused-ring (bicyclic) bond motifs is 1. The van der Waals surface area contributed by atoms with E-state index >= 15 is 0 Å². The molecular formula is C22H18N2O3S. The van der Waals surface area contributed by atoms with Crippen LogP contribution < -0.4 is 9.96 Å². The van der Waals surface area contributed by atoms with E-state index in [1.54, 1.807) is 28.5 Å². The fourth-order valence-corrected chi connectivity index (χ4v) is 4.76. The molecule has 2 saturated heterocycles. The molecule has 2 aliphatic heterocycles. The molecular weight excluding hydrogens is 372 g/mol. The first-order valence-corrected chi connectivity index (χ1v) is 10.0. The van der Waals surface area contributed by atoms with Crippen molar-refractivity contribution < 1.29 is 14.4 Å². The van der Waals surface area contributed by atoms with Crippen LogP contribution >= 0.6 is 11.3 Å². The van der Waals surface area contributed by atoms with Gasteiger partial charge in [-0.1, -0.05) is 42.0 Å². The fourth-order valence-electron chi connectivity index (χ4n) is 3.91. The van der Waals surface area contributed by atoms with Gasteiger partial charge in [0.05, 0.1) is 11.4 Å². The summed E-state index contributed by atoms with van der Waals surface area (Å²) in [4.78, 5) is 34.9. The van der Waals surface area contributed by atoms with E-state index in [1.165, 1.54) is 4.90 Å². The molecule has 2 fully saturated rings. The third kappa shape index (κ3) is 2.57. The first kappa shape index (κ1) is 17.2. The topological polar surface area (TPSA) is 49.9 Å². The van der Waals surface area contributed by atoms with Gasteiger partial charge in [-0.15, -0.1) is 11.3 Å². The van der Waals surface area contributed by atoms with Crippen LogP contribution in [0.25, 0.3) is 0 Å². The van der Waals surface area contributed by atoms with Crippen molar-refractivity contribution in [2.45, 2.75) is 19.1 Å². The van der Waals surface area contributed by atoms with Gasteiger partial charge in [0.15, 0.2) is 6.10 Å². The number of thiophene rings is 1. The van der Waals surface area contributed by atoms with Crippen molar-refractivity contribution in [3.8, 4) is 0 Å². The van der Waals surface area contributed by atoms with E-state index in [4.69, 9.17) is 4.84 Å². The van der Waals surface area contributed by atoms with Gasteiger partial charge in [0.25, 0.3) is 5.91 Å². The summed E-state index contributed by atoms with van der Waals surface area (Å²) < 4.78 is 0. The summed E-state index contributed by atoms with van der Waals surface area (Å²) in [5, 5.41) is 3.70. The van der Waals surface area contributed by atoms with Gasteiger partial charge in [-0.05, 0) is 42.6 Å². The van der Waals surface area contributed by atoms with Gasteiger partial charge in [0.1, 0.15) is 12.0 Å². The smallest absolute Gasteiger partial charge is 0.266 e. The fraction of sp³-hybridized carbons (Fsp3) is 0.182. The van der Waals surface area contributed by atoms with E-state index in [9.17, 15) is 9.59 Å². The van der Waals surface area contributed by atoms with Crippen molar-refractivity contribution in [1.82, 2.24) is 0 Å². The standard InChI is InChI=1S/C22H18N2O3S/c1-14-9-11-15(12-10-14)23-21(25)18-19(17-8-5-13-28-17)24(27-20(18)22(23)26)16-6-3-2-4-7-16/h2-13,18-20H,1H3/t18-,19+,20-/m1/s1.